The number of rotatable bonds is 5. The van der Waals surface area contributed by atoms with E-state index in [9.17, 15) is 4.79 Å². The van der Waals surface area contributed by atoms with Crippen LogP contribution in [0.25, 0.3) is 0 Å². The SMILES string of the molecule is C#CCn1ncc(NCC2(OC)CCC2)c(Br)c1=O. The molecular weight excluding hydrogens is 310 g/mol. The summed E-state index contributed by atoms with van der Waals surface area (Å²) in [4.78, 5) is 11.9. The number of terminal acetylenes is 1. The van der Waals surface area contributed by atoms with Gasteiger partial charge in [-0.25, -0.2) is 4.68 Å². The minimum atomic E-state index is -0.233. The third-order valence-electron chi connectivity index (χ3n) is 3.52. The highest BCUT2D eigenvalue weighted by Crippen LogP contribution is 2.35. The second-order valence-corrected chi connectivity index (χ2v) is 5.43. The molecule has 19 heavy (non-hydrogen) atoms. The summed E-state index contributed by atoms with van der Waals surface area (Å²) in [7, 11) is 1.72. The van der Waals surface area contributed by atoms with Crippen LogP contribution in [0.15, 0.2) is 15.5 Å². The van der Waals surface area contributed by atoms with E-state index in [4.69, 9.17) is 11.2 Å². The molecule has 0 aromatic carbocycles. The molecule has 0 atom stereocenters. The van der Waals surface area contributed by atoms with Crippen molar-refractivity contribution in [3.05, 3.63) is 21.0 Å². The molecular formula is C13H16BrN3O2. The van der Waals surface area contributed by atoms with Gasteiger partial charge in [-0.3, -0.25) is 4.79 Å². The largest absolute Gasteiger partial charge is 0.380 e. The van der Waals surface area contributed by atoms with E-state index in [0.717, 1.165) is 12.8 Å². The van der Waals surface area contributed by atoms with Crippen molar-refractivity contribution in [3.8, 4) is 12.3 Å². The van der Waals surface area contributed by atoms with E-state index in [1.54, 1.807) is 13.3 Å². The molecule has 102 valence electrons. The first-order valence-electron chi connectivity index (χ1n) is 6.10. The Morgan fingerprint density at radius 1 is 1.68 bits per heavy atom. The number of nitrogens with zero attached hydrogens (tertiary/aromatic N) is 2. The number of nitrogens with one attached hydrogen (secondary N) is 1. The van der Waals surface area contributed by atoms with Crippen LogP contribution in [0.4, 0.5) is 5.69 Å². The lowest BCUT2D eigenvalue weighted by atomic mass is 9.80. The minimum absolute atomic E-state index is 0.104. The zero-order valence-corrected chi connectivity index (χ0v) is 12.4. The number of methoxy groups -OCH3 is 1. The first-order valence-corrected chi connectivity index (χ1v) is 6.89. The van der Waals surface area contributed by atoms with Crippen LogP contribution in [0.2, 0.25) is 0 Å². The molecule has 1 aliphatic carbocycles. The number of hydrogen-bond donors (Lipinski definition) is 1. The van der Waals surface area contributed by atoms with Crippen LogP contribution >= 0.6 is 15.9 Å². The molecule has 0 aliphatic heterocycles. The molecule has 0 spiro atoms. The summed E-state index contributed by atoms with van der Waals surface area (Å²) in [5.74, 6) is 2.39. The van der Waals surface area contributed by atoms with E-state index in [2.05, 4.69) is 32.3 Å². The standard InChI is InChI=1S/C13H16BrN3O2/c1-3-7-17-12(18)11(14)10(8-16-17)15-9-13(19-2)5-4-6-13/h1,8,15H,4-7,9H2,2H3. The topological polar surface area (TPSA) is 56.1 Å². The van der Waals surface area contributed by atoms with Crippen LogP contribution in [-0.2, 0) is 11.3 Å². The van der Waals surface area contributed by atoms with Gasteiger partial charge in [-0.05, 0) is 35.2 Å². The zero-order valence-electron chi connectivity index (χ0n) is 10.8. The Bertz CT molecular complexity index is 552. The molecule has 5 nitrogen and oxygen atoms in total. The summed E-state index contributed by atoms with van der Waals surface area (Å²) >= 11 is 3.29. The molecule has 6 heteroatoms. The van der Waals surface area contributed by atoms with Crippen LogP contribution in [0.3, 0.4) is 0 Å². The number of halogens is 1. The van der Waals surface area contributed by atoms with Crippen LogP contribution in [0.1, 0.15) is 19.3 Å². The van der Waals surface area contributed by atoms with Crippen molar-refractivity contribution in [2.45, 2.75) is 31.4 Å². The number of ether oxygens (including phenoxy) is 1. The van der Waals surface area contributed by atoms with Gasteiger partial charge in [-0.2, -0.15) is 5.10 Å². The average molecular weight is 326 g/mol. The molecule has 0 amide bonds. The molecule has 1 aromatic heterocycles. The highest BCUT2D eigenvalue weighted by Gasteiger charge is 2.36. The van der Waals surface area contributed by atoms with Gasteiger partial charge in [0.05, 0.1) is 17.5 Å². The molecule has 0 unspecified atom stereocenters. The van der Waals surface area contributed by atoms with Gasteiger partial charge in [0.25, 0.3) is 5.56 Å². The van der Waals surface area contributed by atoms with Crippen molar-refractivity contribution in [1.82, 2.24) is 9.78 Å². The summed E-state index contributed by atoms with van der Waals surface area (Å²) in [6, 6.07) is 0. The Labute approximate surface area is 120 Å². The highest BCUT2D eigenvalue weighted by atomic mass is 79.9. The number of aromatic nitrogens is 2. The highest BCUT2D eigenvalue weighted by molar-refractivity contribution is 9.10. The molecule has 2 rings (SSSR count). The molecule has 1 aliphatic rings. The van der Waals surface area contributed by atoms with E-state index in [1.807, 2.05) is 0 Å². The summed E-state index contributed by atoms with van der Waals surface area (Å²) in [5.41, 5.74) is 0.331. The molecule has 0 saturated heterocycles. The lowest BCUT2D eigenvalue weighted by Gasteiger charge is -2.40. The van der Waals surface area contributed by atoms with Crippen LogP contribution in [-0.4, -0.2) is 29.0 Å². The maximum Gasteiger partial charge on any atom is 0.284 e. The predicted molar refractivity (Wildman–Crippen MR) is 77.1 cm³/mol. The molecule has 1 heterocycles. The Hall–Kier alpha value is -1.32. The fourth-order valence-corrected chi connectivity index (χ4v) is 2.52. The minimum Gasteiger partial charge on any atom is -0.380 e. The lowest BCUT2D eigenvalue weighted by molar-refractivity contribution is -0.0601. The quantitative estimate of drug-likeness (QED) is 0.836. The lowest BCUT2D eigenvalue weighted by Crippen LogP contribution is -2.45. The van der Waals surface area contributed by atoms with Crippen molar-refractivity contribution in [3.63, 3.8) is 0 Å². The van der Waals surface area contributed by atoms with Gasteiger partial charge in [-0.15, -0.1) is 6.42 Å². The summed E-state index contributed by atoms with van der Waals surface area (Å²) < 4.78 is 7.21. The van der Waals surface area contributed by atoms with E-state index in [1.165, 1.54) is 11.1 Å². The van der Waals surface area contributed by atoms with Crippen molar-refractivity contribution in [1.29, 1.82) is 0 Å². The van der Waals surface area contributed by atoms with E-state index in [0.29, 0.717) is 16.7 Å². The van der Waals surface area contributed by atoms with Gasteiger partial charge in [0.2, 0.25) is 0 Å². The maximum absolute atomic E-state index is 11.9. The van der Waals surface area contributed by atoms with Crippen molar-refractivity contribution in [2.24, 2.45) is 0 Å². The smallest absolute Gasteiger partial charge is 0.284 e. The Kier molecular flexibility index (Phi) is 4.27. The van der Waals surface area contributed by atoms with Crippen LogP contribution in [0, 0.1) is 12.3 Å². The fourth-order valence-electron chi connectivity index (χ4n) is 2.07. The fraction of sp³-hybridized carbons (Fsp3) is 0.538. The predicted octanol–water partition coefficient (Wildman–Crippen LogP) is 1.62. The molecule has 1 N–H and O–H groups in total. The maximum atomic E-state index is 11.9. The van der Waals surface area contributed by atoms with Gasteiger partial charge in [0.15, 0.2) is 0 Å². The summed E-state index contributed by atoms with van der Waals surface area (Å²) in [5, 5.41) is 7.24. The first-order chi connectivity index (χ1) is 9.12. The van der Waals surface area contributed by atoms with Gasteiger partial charge in [0, 0.05) is 13.7 Å². The number of hydrogen-bond acceptors (Lipinski definition) is 4. The van der Waals surface area contributed by atoms with Gasteiger partial charge >= 0.3 is 0 Å². The average Bonchev–Trinajstić information content (AvgIpc) is 2.37. The molecule has 1 fully saturated rings. The van der Waals surface area contributed by atoms with E-state index < -0.39 is 0 Å². The van der Waals surface area contributed by atoms with Gasteiger partial charge < -0.3 is 10.1 Å². The van der Waals surface area contributed by atoms with Crippen molar-refractivity contribution in [2.75, 3.05) is 19.0 Å². The monoisotopic (exact) mass is 325 g/mol. The zero-order chi connectivity index (χ0) is 13.9. The van der Waals surface area contributed by atoms with Crippen LogP contribution < -0.4 is 10.9 Å². The number of anilines is 1. The second-order valence-electron chi connectivity index (χ2n) is 4.63. The summed E-state index contributed by atoms with van der Waals surface area (Å²) in [6.45, 7) is 0.835. The summed E-state index contributed by atoms with van der Waals surface area (Å²) in [6.07, 6.45) is 10.0. The van der Waals surface area contributed by atoms with Gasteiger partial charge in [0.1, 0.15) is 11.0 Å². The van der Waals surface area contributed by atoms with Gasteiger partial charge in [-0.1, -0.05) is 5.92 Å². The van der Waals surface area contributed by atoms with E-state index >= 15 is 0 Å². The van der Waals surface area contributed by atoms with E-state index in [-0.39, 0.29) is 17.7 Å². The normalized spacial score (nSPS) is 16.5. The van der Waals surface area contributed by atoms with Crippen molar-refractivity contribution < 1.29 is 4.74 Å². The molecule has 1 saturated carbocycles. The Morgan fingerprint density at radius 3 is 2.95 bits per heavy atom. The molecule has 0 radical (unpaired) electrons. The molecule has 1 aromatic rings. The third kappa shape index (κ3) is 2.82. The first kappa shape index (κ1) is 14.1. The second kappa shape index (κ2) is 5.76. The molecule has 0 bridgehead atoms. The van der Waals surface area contributed by atoms with Crippen molar-refractivity contribution >= 4 is 21.6 Å². The Balaban J connectivity index is 2.11. The van der Waals surface area contributed by atoms with Crippen LogP contribution in [0.5, 0.6) is 0 Å². The third-order valence-corrected chi connectivity index (χ3v) is 4.29. The Morgan fingerprint density at radius 2 is 2.42 bits per heavy atom.